The topological polar surface area (TPSA) is 14.2 Å². The molecule has 0 atom stereocenters. The zero-order chi connectivity index (χ0) is 10.2. The first-order valence-corrected chi connectivity index (χ1v) is 5.37. The van der Waals surface area contributed by atoms with E-state index in [1.54, 1.807) is 0 Å². The molecule has 0 amide bonds. The van der Waals surface area contributed by atoms with Gasteiger partial charge < -0.3 is 9.30 Å². The van der Waals surface area contributed by atoms with Crippen molar-refractivity contribution in [3.63, 3.8) is 0 Å². The first-order valence-electron chi connectivity index (χ1n) is 5.37. The largest absolute Gasteiger partial charge is 0.492 e. The number of hydrogen-bond acceptors (Lipinski definition) is 1. The van der Waals surface area contributed by atoms with Crippen molar-refractivity contribution in [1.29, 1.82) is 0 Å². The van der Waals surface area contributed by atoms with Gasteiger partial charge in [0.15, 0.2) is 0 Å². The highest BCUT2D eigenvalue weighted by atomic mass is 16.5. The van der Waals surface area contributed by atoms with Gasteiger partial charge in [-0.2, -0.15) is 0 Å². The van der Waals surface area contributed by atoms with Gasteiger partial charge >= 0.3 is 0 Å². The smallest absolute Gasteiger partial charge is 0.136 e. The molecule has 1 aromatic rings. The highest BCUT2D eigenvalue weighted by molar-refractivity contribution is 5.18. The maximum absolute atomic E-state index is 5.68. The van der Waals surface area contributed by atoms with Gasteiger partial charge in [-0.1, -0.05) is 0 Å². The summed E-state index contributed by atoms with van der Waals surface area (Å²) >= 11 is 0. The second-order valence-electron chi connectivity index (χ2n) is 5.18. The monoisotopic (exact) mass is 193 g/mol. The third kappa shape index (κ3) is 2.31. The zero-order valence-electron chi connectivity index (χ0n) is 9.29. The fourth-order valence-electron chi connectivity index (χ4n) is 1.38. The molecule has 0 unspecified atom stereocenters. The highest BCUT2D eigenvalue weighted by Crippen LogP contribution is 2.30. The molecule has 0 bridgehead atoms. The van der Waals surface area contributed by atoms with Gasteiger partial charge in [0.2, 0.25) is 0 Å². The average Bonchev–Trinajstić information content (AvgIpc) is 2.77. The highest BCUT2D eigenvalue weighted by Gasteiger charge is 2.22. The van der Waals surface area contributed by atoms with E-state index in [-0.39, 0.29) is 5.54 Å². The Labute approximate surface area is 85.9 Å². The fraction of sp³-hybridized carbons (Fsp3) is 0.667. The number of hydrogen-bond donors (Lipinski definition) is 0. The molecule has 1 aromatic heterocycles. The Morgan fingerprint density at radius 3 is 2.64 bits per heavy atom. The van der Waals surface area contributed by atoms with E-state index in [4.69, 9.17) is 4.74 Å². The van der Waals surface area contributed by atoms with Gasteiger partial charge in [-0.15, -0.1) is 0 Å². The number of ether oxygens (including phenoxy) is 1. The van der Waals surface area contributed by atoms with Gasteiger partial charge in [0.1, 0.15) is 5.75 Å². The number of rotatable bonds is 3. The minimum absolute atomic E-state index is 0.154. The molecule has 2 rings (SSSR count). The summed E-state index contributed by atoms with van der Waals surface area (Å²) in [5.74, 6) is 1.83. The van der Waals surface area contributed by atoms with E-state index in [1.807, 2.05) is 6.07 Å². The molecule has 1 aliphatic rings. The molecule has 1 aliphatic carbocycles. The predicted molar refractivity (Wildman–Crippen MR) is 57.6 cm³/mol. The summed E-state index contributed by atoms with van der Waals surface area (Å²) in [5.41, 5.74) is 0.154. The summed E-state index contributed by atoms with van der Waals surface area (Å²) in [6, 6.07) is 2.05. The predicted octanol–water partition coefficient (Wildman–Crippen LogP) is 3.03. The summed E-state index contributed by atoms with van der Waals surface area (Å²) in [4.78, 5) is 0. The molecule has 2 nitrogen and oxygen atoms in total. The molecular weight excluding hydrogens is 174 g/mol. The van der Waals surface area contributed by atoms with Crippen LogP contribution in [0.3, 0.4) is 0 Å². The van der Waals surface area contributed by atoms with Crippen molar-refractivity contribution in [2.75, 3.05) is 6.61 Å². The molecule has 1 saturated carbocycles. The van der Waals surface area contributed by atoms with E-state index in [0.717, 1.165) is 18.3 Å². The van der Waals surface area contributed by atoms with E-state index >= 15 is 0 Å². The van der Waals surface area contributed by atoms with E-state index in [9.17, 15) is 0 Å². The quantitative estimate of drug-likeness (QED) is 0.719. The van der Waals surface area contributed by atoms with Crippen molar-refractivity contribution >= 4 is 0 Å². The van der Waals surface area contributed by atoms with Gasteiger partial charge in [-0.25, -0.2) is 0 Å². The first-order chi connectivity index (χ1) is 6.55. The Bertz CT molecular complexity index is 304. The Morgan fingerprint density at radius 1 is 1.43 bits per heavy atom. The van der Waals surface area contributed by atoms with Crippen LogP contribution in [0, 0.1) is 5.92 Å². The van der Waals surface area contributed by atoms with Crippen LogP contribution in [0.25, 0.3) is 0 Å². The van der Waals surface area contributed by atoms with E-state index in [1.165, 1.54) is 12.8 Å². The average molecular weight is 193 g/mol. The van der Waals surface area contributed by atoms with Gasteiger partial charge in [-0.05, 0) is 45.6 Å². The van der Waals surface area contributed by atoms with Crippen molar-refractivity contribution in [2.45, 2.75) is 39.2 Å². The van der Waals surface area contributed by atoms with Crippen molar-refractivity contribution in [1.82, 2.24) is 4.57 Å². The van der Waals surface area contributed by atoms with Crippen molar-refractivity contribution < 1.29 is 4.74 Å². The van der Waals surface area contributed by atoms with Crippen LogP contribution < -0.4 is 4.74 Å². The van der Waals surface area contributed by atoms with Crippen LogP contribution in [-0.4, -0.2) is 11.2 Å². The van der Waals surface area contributed by atoms with Crippen LogP contribution in [-0.2, 0) is 5.54 Å². The Hall–Kier alpha value is -0.920. The van der Waals surface area contributed by atoms with Crippen LogP contribution in [0.15, 0.2) is 18.5 Å². The summed E-state index contributed by atoms with van der Waals surface area (Å²) in [6.07, 6.45) is 6.87. The lowest BCUT2D eigenvalue weighted by Gasteiger charge is -2.20. The molecule has 78 valence electrons. The second kappa shape index (κ2) is 3.34. The van der Waals surface area contributed by atoms with Crippen LogP contribution in [0.5, 0.6) is 5.75 Å². The van der Waals surface area contributed by atoms with E-state index in [2.05, 4.69) is 37.7 Å². The molecule has 1 heterocycles. The zero-order valence-corrected chi connectivity index (χ0v) is 9.29. The molecule has 0 aliphatic heterocycles. The summed E-state index contributed by atoms with van der Waals surface area (Å²) in [5, 5.41) is 0. The van der Waals surface area contributed by atoms with E-state index in [0.29, 0.717) is 0 Å². The SMILES string of the molecule is CC(C)(C)n1ccc(OCC2CC2)c1. The Kier molecular flexibility index (Phi) is 2.30. The third-order valence-electron chi connectivity index (χ3n) is 2.62. The summed E-state index contributed by atoms with van der Waals surface area (Å²) < 4.78 is 7.87. The molecule has 14 heavy (non-hydrogen) atoms. The number of nitrogens with zero attached hydrogens (tertiary/aromatic N) is 1. The molecule has 0 spiro atoms. The molecule has 2 heteroatoms. The van der Waals surface area contributed by atoms with Crippen molar-refractivity contribution in [3.8, 4) is 5.75 Å². The lowest BCUT2D eigenvalue weighted by Crippen LogP contribution is -2.19. The van der Waals surface area contributed by atoms with Crippen molar-refractivity contribution in [3.05, 3.63) is 18.5 Å². The standard InChI is InChI=1S/C12H19NO/c1-12(2,3)13-7-6-11(8-13)14-9-10-4-5-10/h6-8,10H,4-5,9H2,1-3H3. The van der Waals surface area contributed by atoms with Crippen molar-refractivity contribution in [2.24, 2.45) is 5.92 Å². The molecule has 0 radical (unpaired) electrons. The maximum atomic E-state index is 5.68. The summed E-state index contributed by atoms with van der Waals surface area (Å²) in [7, 11) is 0. The molecule has 1 fully saturated rings. The molecule has 0 N–H and O–H groups in total. The lowest BCUT2D eigenvalue weighted by atomic mass is 10.1. The lowest BCUT2D eigenvalue weighted by molar-refractivity contribution is 0.297. The van der Waals surface area contributed by atoms with Crippen LogP contribution in [0.2, 0.25) is 0 Å². The maximum Gasteiger partial charge on any atom is 0.136 e. The Balaban J connectivity index is 1.94. The number of aromatic nitrogens is 1. The van der Waals surface area contributed by atoms with Gasteiger partial charge in [0.25, 0.3) is 0 Å². The third-order valence-corrected chi connectivity index (χ3v) is 2.62. The second-order valence-corrected chi connectivity index (χ2v) is 5.18. The minimum atomic E-state index is 0.154. The fourth-order valence-corrected chi connectivity index (χ4v) is 1.38. The van der Waals surface area contributed by atoms with Gasteiger partial charge in [-0.3, -0.25) is 0 Å². The van der Waals surface area contributed by atoms with Gasteiger partial charge in [0.05, 0.1) is 6.61 Å². The molecule has 0 aromatic carbocycles. The molecular formula is C12H19NO. The minimum Gasteiger partial charge on any atom is -0.492 e. The molecule has 0 saturated heterocycles. The van der Waals surface area contributed by atoms with Crippen LogP contribution >= 0.6 is 0 Å². The normalized spacial score (nSPS) is 17.1. The van der Waals surface area contributed by atoms with Crippen LogP contribution in [0.4, 0.5) is 0 Å². The van der Waals surface area contributed by atoms with E-state index < -0.39 is 0 Å². The van der Waals surface area contributed by atoms with Gasteiger partial charge in [0, 0.05) is 17.9 Å². The van der Waals surface area contributed by atoms with Crippen LogP contribution in [0.1, 0.15) is 33.6 Å². The Morgan fingerprint density at radius 2 is 2.14 bits per heavy atom. The first kappa shape index (κ1) is 9.63. The summed E-state index contributed by atoms with van der Waals surface area (Å²) in [6.45, 7) is 7.47.